The lowest BCUT2D eigenvalue weighted by atomic mass is 10.1. The number of amides is 2. The number of benzene rings is 4. The number of carboxylic acid groups (broad SMARTS) is 1. The predicted octanol–water partition coefficient (Wildman–Crippen LogP) is 9.85. The van der Waals surface area contributed by atoms with Crippen molar-refractivity contribution in [3.05, 3.63) is 159 Å². The zero-order chi connectivity index (χ0) is 48.1. The number of anilines is 3. The van der Waals surface area contributed by atoms with E-state index < -0.39 is 36.1 Å². The smallest absolute Gasteiger partial charge is 0.418 e. The van der Waals surface area contributed by atoms with Crippen molar-refractivity contribution in [2.45, 2.75) is 18.8 Å². The number of carboxylic acids is 1. The Labute approximate surface area is 383 Å². The van der Waals surface area contributed by atoms with Gasteiger partial charge in [0.15, 0.2) is 22.4 Å². The molecule has 4 heterocycles. The average Bonchev–Trinajstić information content (AvgIpc) is 4.05. The first-order valence-corrected chi connectivity index (χ1v) is 21.0. The number of rotatable bonds is 12. The minimum absolute atomic E-state index is 0.0542. The summed E-state index contributed by atoms with van der Waals surface area (Å²) in [7, 11) is 0. The molecule has 8 rings (SSSR count). The molecule has 4 aromatic carbocycles. The highest BCUT2D eigenvalue weighted by Gasteiger charge is 2.34. The fourth-order valence-corrected chi connectivity index (χ4v) is 6.96. The number of carbonyl (C=O) groups is 4. The number of thiazole rings is 2. The van der Waals surface area contributed by atoms with Crippen LogP contribution >= 0.6 is 22.7 Å². The van der Waals surface area contributed by atoms with Gasteiger partial charge < -0.3 is 30.9 Å². The number of ketones is 1. The number of ether oxygens (including phenoxy) is 2. The van der Waals surface area contributed by atoms with Crippen molar-refractivity contribution < 1.29 is 60.1 Å². The largest absolute Gasteiger partial charge is 0.485 e. The van der Waals surface area contributed by atoms with E-state index in [2.05, 4.69) is 30.6 Å². The Morgan fingerprint density at radius 3 is 1.45 bits per heavy atom. The number of aromatic nitrogens is 4. The van der Waals surface area contributed by atoms with Gasteiger partial charge in [-0.25, -0.2) is 14.8 Å². The molecule has 0 unspecified atom stereocenters. The molecule has 0 saturated carbocycles. The van der Waals surface area contributed by atoms with E-state index in [1.54, 1.807) is 71.7 Å². The first-order valence-electron chi connectivity index (χ1n) is 19.2. The van der Waals surface area contributed by atoms with Gasteiger partial charge in [0.2, 0.25) is 0 Å². The Morgan fingerprint density at radius 2 is 1.03 bits per heavy atom. The highest BCUT2D eigenvalue weighted by molar-refractivity contribution is 7.12. The summed E-state index contributed by atoms with van der Waals surface area (Å²) < 4.78 is 88.5. The number of carbonyl (C=O) groups excluding carboxylic acids is 3. The molecule has 2 amide bonds. The Bertz CT molecular complexity index is 2970. The second kappa shape index (κ2) is 21.8. The van der Waals surface area contributed by atoms with Gasteiger partial charge >= 0.3 is 18.3 Å². The molecule has 0 saturated heterocycles. The minimum atomic E-state index is -4.55. The average molecular weight is 962 g/mol. The molecule has 14 nitrogen and oxygen atoms in total. The molecule has 5 N–H and O–H groups in total. The van der Waals surface area contributed by atoms with Gasteiger partial charge in [-0.3, -0.25) is 24.4 Å². The highest BCUT2D eigenvalue weighted by Crippen LogP contribution is 2.37. The van der Waals surface area contributed by atoms with E-state index in [4.69, 9.17) is 20.3 Å². The van der Waals surface area contributed by atoms with Crippen LogP contribution in [0.1, 0.15) is 36.3 Å². The number of para-hydroxylation sites is 2. The second-order valence-electron chi connectivity index (χ2n) is 13.6. The molecule has 0 aliphatic carbocycles. The van der Waals surface area contributed by atoms with E-state index in [0.717, 1.165) is 18.3 Å². The quantitative estimate of drug-likeness (QED) is 0.0666. The summed E-state index contributed by atoms with van der Waals surface area (Å²) in [5.41, 5.74) is 5.93. The van der Waals surface area contributed by atoms with Crippen LogP contribution in [-0.2, 0) is 28.4 Å². The molecule has 0 radical (unpaired) electrons. The molecule has 0 spiro atoms. The number of Topliss-reactive ketones (excluding diaryl/α,β-unsaturated/α-hetero) is 1. The third-order valence-corrected chi connectivity index (χ3v) is 10.4. The van der Waals surface area contributed by atoms with Crippen molar-refractivity contribution in [3.63, 3.8) is 0 Å². The lowest BCUT2D eigenvalue weighted by molar-refractivity contribution is -0.139. The van der Waals surface area contributed by atoms with Crippen molar-refractivity contribution >= 4 is 85.1 Å². The summed E-state index contributed by atoms with van der Waals surface area (Å²) in [6, 6.07) is 23.7. The number of aliphatic carboxylic acids is 1. The maximum atomic E-state index is 13.2. The summed E-state index contributed by atoms with van der Waals surface area (Å²) in [5, 5.41) is 18.5. The van der Waals surface area contributed by atoms with Crippen LogP contribution in [0.15, 0.2) is 133 Å². The molecule has 0 atom stereocenters. The summed E-state index contributed by atoms with van der Waals surface area (Å²) in [4.78, 5) is 61.7. The summed E-state index contributed by atoms with van der Waals surface area (Å²) in [5.74, 6) is -1.78. The molecule has 4 aromatic heterocycles. The van der Waals surface area contributed by atoms with Crippen molar-refractivity contribution in [3.8, 4) is 11.5 Å². The molecular formula is C45H33F6N7O7S2. The van der Waals surface area contributed by atoms with Crippen LogP contribution in [0.5, 0.6) is 11.5 Å². The van der Waals surface area contributed by atoms with E-state index in [-0.39, 0.29) is 63.9 Å². The second-order valence-corrected chi connectivity index (χ2v) is 15.4. The highest BCUT2D eigenvalue weighted by atomic mass is 32.1. The summed E-state index contributed by atoms with van der Waals surface area (Å²) >= 11 is 2.53. The monoisotopic (exact) mass is 961 g/mol. The maximum Gasteiger partial charge on any atom is 0.418 e. The predicted molar refractivity (Wildman–Crippen MR) is 238 cm³/mol. The summed E-state index contributed by atoms with van der Waals surface area (Å²) in [6.45, 7) is -0.937. The molecule has 0 aliphatic heterocycles. The number of pyridine rings is 2. The number of hydrogen-bond donors (Lipinski definition) is 4. The normalized spacial score (nSPS) is 11.1. The van der Waals surface area contributed by atoms with Crippen molar-refractivity contribution in [2.75, 3.05) is 29.6 Å². The first-order chi connectivity index (χ1) is 32.0. The number of halogens is 6. The number of nitrogens with two attached hydrogens (primary N) is 1. The van der Waals surface area contributed by atoms with E-state index in [1.165, 1.54) is 65.3 Å². The molecule has 344 valence electrons. The van der Waals surface area contributed by atoms with Gasteiger partial charge in [-0.15, -0.1) is 22.7 Å². The molecule has 22 heteroatoms. The molecule has 0 bridgehead atoms. The molecule has 0 fully saturated rings. The Hall–Kier alpha value is -7.98. The standard InChI is InChI=1S/C23H16F3N3O3S.C12H8F3NO3.C10H9N3OS/c24-23(25,26)18-3-1-2-17-19(8-9-27-20(17)18)32-13-16(30)12-14-4-6-15(7-5-14)29-21(31)22-28-10-11-33-22;13-12(14,15)8-3-1-2-7-9(19-6-10(17)18)4-5-16-11(7)8;11-7-1-3-8(4-2-7)13-9(14)10-12-5-6-15-10/h1-11H,12-13H2,(H,29,31);1-5H,6H2,(H,17,18);1-6H,11H2,(H,13,14). The Morgan fingerprint density at radius 1 is 0.582 bits per heavy atom. The van der Waals surface area contributed by atoms with Crippen LogP contribution in [-0.4, -0.2) is 61.8 Å². The van der Waals surface area contributed by atoms with Gasteiger partial charge in [-0.1, -0.05) is 24.3 Å². The Balaban J connectivity index is 0.000000183. The fraction of sp³-hybridized carbons (Fsp3) is 0.111. The van der Waals surface area contributed by atoms with Crippen LogP contribution in [0.25, 0.3) is 21.8 Å². The third kappa shape index (κ3) is 13.5. The lowest BCUT2D eigenvalue weighted by Gasteiger charge is -2.12. The van der Waals surface area contributed by atoms with Crippen LogP contribution in [0, 0.1) is 0 Å². The topological polar surface area (TPSA) is 209 Å². The molecule has 67 heavy (non-hydrogen) atoms. The SMILES string of the molecule is Nc1ccc(NC(=O)c2nccs2)cc1.O=C(COc1ccnc2c(C(F)(F)F)cccc12)Cc1ccc(NC(=O)c2nccs2)cc1.O=C(O)COc1ccnc2c(C(F)(F)F)cccc12. The van der Waals surface area contributed by atoms with E-state index in [1.807, 2.05) is 0 Å². The van der Waals surface area contributed by atoms with Crippen molar-refractivity contribution in [2.24, 2.45) is 0 Å². The number of alkyl halides is 6. The van der Waals surface area contributed by atoms with Gasteiger partial charge in [-0.2, -0.15) is 26.3 Å². The maximum absolute atomic E-state index is 13.2. The zero-order valence-electron chi connectivity index (χ0n) is 34.2. The summed E-state index contributed by atoms with van der Waals surface area (Å²) in [6.07, 6.45) is -3.50. The van der Waals surface area contributed by atoms with Gasteiger partial charge in [0, 0.05) is 69.8 Å². The first kappa shape index (κ1) is 48.5. The van der Waals surface area contributed by atoms with Gasteiger partial charge in [-0.05, 0) is 78.4 Å². The third-order valence-electron chi connectivity index (χ3n) is 8.85. The fourth-order valence-electron chi connectivity index (χ4n) is 5.90. The van der Waals surface area contributed by atoms with Crippen molar-refractivity contribution in [1.29, 1.82) is 0 Å². The Kier molecular flexibility index (Phi) is 15.8. The number of nitrogens with one attached hydrogen (secondary N) is 2. The van der Waals surface area contributed by atoms with Crippen LogP contribution < -0.4 is 25.8 Å². The van der Waals surface area contributed by atoms with Gasteiger partial charge in [0.1, 0.15) is 18.1 Å². The van der Waals surface area contributed by atoms with E-state index in [0.29, 0.717) is 32.6 Å². The number of hydrogen-bond acceptors (Lipinski definition) is 13. The van der Waals surface area contributed by atoms with Crippen LogP contribution in [0.3, 0.4) is 0 Å². The lowest BCUT2D eigenvalue weighted by Crippen LogP contribution is -2.14. The van der Waals surface area contributed by atoms with E-state index in [9.17, 15) is 45.5 Å². The molecular weight excluding hydrogens is 929 g/mol. The van der Waals surface area contributed by atoms with Gasteiger partial charge in [0.25, 0.3) is 11.8 Å². The van der Waals surface area contributed by atoms with E-state index >= 15 is 0 Å². The number of fused-ring (bicyclic) bond motifs is 2. The minimum Gasteiger partial charge on any atom is -0.485 e. The van der Waals surface area contributed by atoms with Crippen LogP contribution in [0.4, 0.5) is 43.4 Å². The zero-order valence-corrected chi connectivity index (χ0v) is 35.8. The number of nitrogens with zero attached hydrogens (tertiary/aromatic N) is 4. The van der Waals surface area contributed by atoms with Gasteiger partial charge in [0.05, 0.1) is 22.2 Å². The van der Waals surface area contributed by atoms with Crippen LogP contribution in [0.2, 0.25) is 0 Å². The van der Waals surface area contributed by atoms with Crippen molar-refractivity contribution in [1.82, 2.24) is 19.9 Å². The molecule has 0 aliphatic rings. The molecule has 8 aromatic rings. The number of nitrogen functional groups attached to an aromatic ring is 1.